The van der Waals surface area contributed by atoms with Crippen LogP contribution in [0.3, 0.4) is 0 Å². The van der Waals surface area contributed by atoms with Crippen LogP contribution in [-0.2, 0) is 90.0 Å². The zero-order valence-corrected chi connectivity index (χ0v) is 58.4. The van der Waals surface area contributed by atoms with Crippen molar-refractivity contribution in [2.24, 2.45) is 0 Å². The van der Waals surface area contributed by atoms with E-state index in [0.717, 1.165) is 59.8 Å². The Balaban J connectivity index is 1.12. The summed E-state index contributed by atoms with van der Waals surface area (Å²) in [5.74, 6) is 2.25. The van der Waals surface area contributed by atoms with Crippen molar-refractivity contribution in [1.29, 1.82) is 0 Å². The van der Waals surface area contributed by atoms with Crippen molar-refractivity contribution in [3.05, 3.63) is 29.8 Å². The van der Waals surface area contributed by atoms with Gasteiger partial charge >= 0.3 is 10.4 Å². The molecule has 0 aromatic heterocycles. The van der Waals surface area contributed by atoms with Crippen LogP contribution in [0.1, 0.15) is 96.8 Å². The number of hydrogen-bond acceptors (Lipinski definition) is 34. The predicted octanol–water partition coefficient (Wildman–Crippen LogP) is -8.01. The number of carbonyl (C=O) groups is 5. The summed E-state index contributed by atoms with van der Waals surface area (Å²) >= 11 is 0. The molecule has 6 fully saturated rings. The van der Waals surface area contributed by atoms with E-state index >= 15 is 0 Å². The Labute approximate surface area is 593 Å². The maximum Gasteiger partial charge on any atom is 0.399 e. The van der Waals surface area contributed by atoms with Crippen molar-refractivity contribution < 1.29 is 164 Å². The third-order valence-electron chi connectivity index (χ3n) is 17.8. The lowest BCUT2D eigenvalue weighted by Crippen LogP contribution is -2.72. The van der Waals surface area contributed by atoms with Gasteiger partial charge in [0.05, 0.1) is 52.9 Å². The van der Waals surface area contributed by atoms with Gasteiger partial charge in [-0.25, -0.2) is 4.18 Å². The lowest BCUT2D eigenvalue weighted by molar-refractivity contribution is -0.368. The van der Waals surface area contributed by atoms with Gasteiger partial charge in [-0.15, -0.1) is 11.8 Å². The number of ether oxygens (including phenoxy) is 12. The van der Waals surface area contributed by atoms with E-state index in [1.54, 1.807) is 6.07 Å². The summed E-state index contributed by atoms with van der Waals surface area (Å²) in [6.07, 6.45) is -40.7. The molecule has 0 saturated carbocycles. The Morgan fingerprint density at radius 1 is 0.485 bits per heavy atom. The molecule has 39 nitrogen and oxygen atoms in total. The largest absolute Gasteiger partial charge is 0.494 e. The van der Waals surface area contributed by atoms with Gasteiger partial charge in [0.25, 0.3) is 5.91 Å². The van der Waals surface area contributed by atoms with Gasteiger partial charge in [-0.1, -0.05) is 32.3 Å². The quantitative estimate of drug-likeness (QED) is 0.0235. The first-order valence-electron chi connectivity index (χ1n) is 33.7. The minimum atomic E-state index is -4.93. The first-order valence-corrected chi connectivity index (χ1v) is 35.0. The molecule has 30 unspecified atom stereocenters. The number of aliphatic hydroxyl groups is 13. The number of nitrogens with one attached hydrogen (secondary N) is 5. The number of carbonyl (C=O) groups excluding carboxylic acids is 5. The minimum Gasteiger partial charge on any atom is -0.494 e. The van der Waals surface area contributed by atoms with Crippen molar-refractivity contribution >= 4 is 39.9 Å². The fourth-order valence-electron chi connectivity index (χ4n) is 12.5. The van der Waals surface area contributed by atoms with Crippen molar-refractivity contribution in [1.82, 2.24) is 26.6 Å². The second-order valence-corrected chi connectivity index (χ2v) is 26.9. The summed E-state index contributed by atoms with van der Waals surface area (Å²) in [4.78, 5) is 65.5. The Morgan fingerprint density at radius 2 is 0.932 bits per heavy atom. The second-order valence-electron chi connectivity index (χ2n) is 25.6. The number of rotatable bonds is 32. The summed E-state index contributed by atoms with van der Waals surface area (Å²) < 4.78 is 107. The fraction of sp³-hybridized carbons (Fsp3) is 0.794. The van der Waals surface area contributed by atoms with E-state index in [4.69, 9.17) is 61.0 Å². The minimum absolute atomic E-state index is 0.0129. The van der Waals surface area contributed by atoms with Crippen LogP contribution in [0.5, 0.6) is 5.75 Å². The molecule has 0 bridgehead atoms. The van der Waals surface area contributed by atoms with Gasteiger partial charge in [0, 0.05) is 46.1 Å². The Morgan fingerprint density at radius 3 is 1.42 bits per heavy atom. The molecule has 1 aromatic rings. The molecular formula is C63H99N5O34S. The molecule has 103 heavy (non-hydrogen) atoms. The number of aliphatic hydroxyl groups excluding tert-OH is 13. The Hall–Kier alpha value is -5.16. The van der Waals surface area contributed by atoms with Crippen LogP contribution in [0, 0.1) is 11.8 Å². The summed E-state index contributed by atoms with van der Waals surface area (Å²) in [5, 5.41) is 158. The molecule has 1 aromatic carbocycles. The van der Waals surface area contributed by atoms with Crippen LogP contribution in [0.2, 0.25) is 0 Å². The highest BCUT2D eigenvalue weighted by Crippen LogP contribution is 2.37. The lowest BCUT2D eigenvalue weighted by atomic mass is 9.93. The molecule has 0 radical (unpaired) electrons. The first kappa shape index (κ1) is 85.1. The lowest BCUT2D eigenvalue weighted by Gasteiger charge is -2.51. The topological polar surface area (TPSA) is 572 Å². The molecule has 7 rings (SSSR count). The van der Waals surface area contributed by atoms with Gasteiger partial charge in [0.15, 0.2) is 37.7 Å². The monoisotopic (exact) mass is 1500 g/mol. The average molecular weight is 1500 g/mol. The van der Waals surface area contributed by atoms with E-state index < -0.39 is 257 Å². The molecule has 0 spiro atoms. The van der Waals surface area contributed by atoms with Gasteiger partial charge in [0.1, 0.15) is 146 Å². The molecule has 586 valence electrons. The summed E-state index contributed by atoms with van der Waals surface area (Å²) in [5.41, 5.74) is 0.0129. The van der Waals surface area contributed by atoms with E-state index in [1.807, 2.05) is 0 Å². The molecule has 6 aliphatic rings. The molecule has 40 heteroatoms. The van der Waals surface area contributed by atoms with Crippen molar-refractivity contribution in [2.75, 3.05) is 46.8 Å². The van der Waals surface area contributed by atoms with E-state index in [9.17, 15) is 98.8 Å². The highest BCUT2D eigenvalue weighted by atomic mass is 32.3. The van der Waals surface area contributed by atoms with Gasteiger partial charge in [-0.2, -0.15) is 8.42 Å². The van der Waals surface area contributed by atoms with Crippen molar-refractivity contribution in [3.8, 4) is 17.6 Å². The predicted molar refractivity (Wildman–Crippen MR) is 342 cm³/mol. The van der Waals surface area contributed by atoms with Crippen LogP contribution in [-0.4, -0.2) is 335 Å². The molecule has 6 aliphatic heterocycles. The molecule has 6 heterocycles. The van der Waals surface area contributed by atoms with Gasteiger partial charge < -0.3 is 150 Å². The van der Waals surface area contributed by atoms with E-state index in [0.29, 0.717) is 25.7 Å². The van der Waals surface area contributed by atoms with E-state index in [-0.39, 0.29) is 12.2 Å². The van der Waals surface area contributed by atoms with Crippen LogP contribution in [0.25, 0.3) is 0 Å². The summed E-state index contributed by atoms with van der Waals surface area (Å²) in [7, 11) is -4.22. The Bertz CT molecular complexity index is 3070. The average Bonchev–Trinajstić information content (AvgIpc) is 0.767. The maximum absolute atomic E-state index is 14.0. The number of unbranched alkanes of at least 4 members (excludes halogenated alkanes) is 5. The number of amides is 5. The summed E-state index contributed by atoms with van der Waals surface area (Å²) in [6, 6.07) is -3.07. The standard InChI is InChI=1S/C63H99N5O34S/c1-8-9-10-11-12-13-14-15-16-20-90-33-19-17-18-32(21-33)57(85)68-40-46(78)45(77)34(22-69)95-59(40)99-53-35(23-70)96-60(41(48(53)80)65-29(4)73)100-54-36(24-71)97-61(42(49(54)81)66-30(5)74)102-56-38(26-92-103(87,88)89-7)98-62(43(50(56)82)67-31(6)75)101-55-37(94-58(86)39(47(55)79)64-28(3)72)25-91-63-52(84)51(83)44(76)27(2)93-63/h17-19,21,27,34-56,58-63,69-71,76-84,86H,8-12,15-16,20,22-26H2,1-7H3,(H,64,72)(H,65,73)(H,66,74)(H,67,75)(H,68,85). The summed E-state index contributed by atoms with van der Waals surface area (Å²) in [6.45, 7) is 2.65. The molecule has 18 N–H and O–H groups in total. The molecule has 30 atom stereocenters. The van der Waals surface area contributed by atoms with E-state index in [1.165, 1.54) is 25.1 Å². The molecule has 0 aliphatic carbocycles. The fourth-order valence-corrected chi connectivity index (χ4v) is 12.9. The van der Waals surface area contributed by atoms with E-state index in [2.05, 4.69) is 49.5 Å². The SMILES string of the molecule is CCCCCCC#CCCCOc1cccc(C(=O)NC2C(OC3C(CO)OC(OC4C(CO)OC(OC5C(COS(=O)(=O)OC)OC(OC6C(COC7OC(C)C(O)C(O)C7O)OC(O)C(NC(C)=O)C6O)C(NC(C)=O)C5O)C(NC(C)=O)C4O)C(NC(C)=O)C3O)OC(CO)C(O)C2O)c1. The molecular weight excluding hydrogens is 1400 g/mol. The van der Waals surface area contributed by atoms with Crippen molar-refractivity contribution in [3.63, 3.8) is 0 Å². The van der Waals surface area contributed by atoms with Crippen LogP contribution in [0.15, 0.2) is 24.3 Å². The second kappa shape index (κ2) is 39.6. The molecule has 5 amide bonds. The molecule has 6 saturated heterocycles. The normalized spacial score (nSPS) is 38.4. The first-order chi connectivity index (χ1) is 48.9. The third-order valence-corrected chi connectivity index (χ3v) is 18.6. The zero-order chi connectivity index (χ0) is 75.7. The van der Waals surface area contributed by atoms with Gasteiger partial charge in [0.2, 0.25) is 23.6 Å². The Kier molecular flexibility index (Phi) is 32.7. The number of benzene rings is 1. The van der Waals surface area contributed by atoms with Crippen LogP contribution in [0.4, 0.5) is 0 Å². The smallest absolute Gasteiger partial charge is 0.399 e. The highest BCUT2D eigenvalue weighted by molar-refractivity contribution is 7.81. The van der Waals surface area contributed by atoms with Crippen LogP contribution < -0.4 is 31.3 Å². The number of hydrogen-bond donors (Lipinski definition) is 18. The highest BCUT2D eigenvalue weighted by Gasteiger charge is 2.58. The van der Waals surface area contributed by atoms with Gasteiger partial charge in [-0.3, -0.25) is 28.2 Å². The third kappa shape index (κ3) is 22.5. The van der Waals surface area contributed by atoms with Crippen LogP contribution >= 0.6 is 0 Å². The van der Waals surface area contributed by atoms with Gasteiger partial charge in [-0.05, 0) is 38.0 Å². The van der Waals surface area contributed by atoms with Crippen molar-refractivity contribution in [2.45, 2.75) is 270 Å². The zero-order valence-electron chi connectivity index (χ0n) is 57.6. The maximum atomic E-state index is 14.0.